The smallest absolute Gasteiger partial charge is 0.206 e. The average molecular weight is 286 g/mol. The molecule has 11 heavy (non-hydrogen) atoms. The number of hydrogen-bond donors (Lipinski definition) is 0. The molecule has 0 radical (unpaired) electrons. The van der Waals surface area contributed by atoms with E-state index in [1.165, 1.54) is 12.8 Å². The van der Waals surface area contributed by atoms with Gasteiger partial charge in [0.1, 0.15) is 0 Å². The summed E-state index contributed by atoms with van der Waals surface area (Å²) in [6.07, 6.45) is 4.54. The van der Waals surface area contributed by atoms with Gasteiger partial charge in [-0.25, -0.2) is 8.42 Å². The van der Waals surface area contributed by atoms with Crippen LogP contribution >= 0.6 is 21.2 Å². The van der Waals surface area contributed by atoms with Crippen LogP contribution in [-0.4, -0.2) is 13.7 Å². The van der Waals surface area contributed by atoms with E-state index in [0.717, 1.165) is 18.8 Å². The molecule has 2 fully saturated rings. The zero-order valence-electron chi connectivity index (χ0n) is 6.16. The van der Waals surface area contributed by atoms with E-state index in [0.29, 0.717) is 5.92 Å². The molecule has 3 unspecified atom stereocenters. The van der Waals surface area contributed by atoms with E-state index in [1.807, 2.05) is 0 Å². The van der Waals surface area contributed by atoms with Gasteiger partial charge in [0, 0.05) is 0 Å². The van der Waals surface area contributed by atoms with Crippen LogP contribution in [0.15, 0.2) is 0 Å². The Morgan fingerprint density at radius 3 is 2.18 bits per heavy atom. The fourth-order valence-electron chi connectivity index (χ4n) is 2.53. The average Bonchev–Trinajstić information content (AvgIpc) is 2.42. The van der Waals surface area contributed by atoms with Crippen molar-refractivity contribution in [3.63, 3.8) is 0 Å². The molecule has 0 aromatic rings. The molecule has 0 amide bonds. The van der Waals surface area contributed by atoms with Crippen molar-refractivity contribution in [1.82, 2.24) is 0 Å². The minimum Gasteiger partial charge on any atom is -0.218 e. The van der Waals surface area contributed by atoms with Crippen molar-refractivity contribution in [3.8, 4) is 0 Å². The molecule has 2 rings (SSSR count). The summed E-state index contributed by atoms with van der Waals surface area (Å²) in [4.78, 5) is 0. The van der Waals surface area contributed by atoms with Crippen molar-refractivity contribution < 1.29 is 8.42 Å². The highest BCUT2D eigenvalue weighted by molar-refractivity contribution is 14.2. The summed E-state index contributed by atoms with van der Waals surface area (Å²) in [7, 11) is -2.76. The fraction of sp³-hybridized carbons (Fsp3) is 1.00. The first-order valence-corrected chi connectivity index (χ1v) is 8.10. The summed E-state index contributed by atoms with van der Waals surface area (Å²) in [6.45, 7) is 0. The van der Waals surface area contributed by atoms with Crippen LogP contribution in [0.1, 0.15) is 25.7 Å². The van der Waals surface area contributed by atoms with Gasteiger partial charge < -0.3 is 0 Å². The molecule has 0 N–H and O–H groups in total. The van der Waals surface area contributed by atoms with Gasteiger partial charge >= 0.3 is 0 Å². The van der Waals surface area contributed by atoms with E-state index in [-0.39, 0.29) is 5.25 Å². The third kappa shape index (κ3) is 1.43. The Hall–Kier alpha value is 0.680. The summed E-state index contributed by atoms with van der Waals surface area (Å²) in [6, 6.07) is 0. The molecule has 2 saturated carbocycles. The first-order valence-electron chi connectivity index (χ1n) is 4.01. The second-order valence-electron chi connectivity index (χ2n) is 3.69. The quantitative estimate of drug-likeness (QED) is 0.545. The lowest BCUT2D eigenvalue weighted by atomic mass is 10.0. The predicted molar refractivity (Wildman–Crippen MR) is 52.2 cm³/mol. The van der Waals surface area contributed by atoms with Gasteiger partial charge in [0.15, 0.2) is 0 Å². The molecule has 64 valence electrons. The van der Waals surface area contributed by atoms with Crippen LogP contribution in [0.2, 0.25) is 0 Å². The Morgan fingerprint density at radius 1 is 1.18 bits per heavy atom. The maximum Gasteiger partial charge on any atom is 0.206 e. The van der Waals surface area contributed by atoms with Gasteiger partial charge in [-0.2, -0.15) is 0 Å². The third-order valence-corrected chi connectivity index (χ3v) is 6.29. The molecule has 3 atom stereocenters. The molecule has 0 aromatic carbocycles. The molecular weight excluding hydrogens is 275 g/mol. The van der Waals surface area contributed by atoms with Crippen LogP contribution in [0.4, 0.5) is 0 Å². The molecule has 2 bridgehead atoms. The van der Waals surface area contributed by atoms with Crippen LogP contribution in [0.5, 0.6) is 0 Å². The zero-order chi connectivity index (χ0) is 8.06. The Morgan fingerprint density at radius 2 is 1.91 bits per heavy atom. The Bertz CT molecular complexity index is 260. The lowest BCUT2D eigenvalue weighted by molar-refractivity contribution is 0.471. The topological polar surface area (TPSA) is 34.1 Å². The maximum atomic E-state index is 11.2. The highest BCUT2D eigenvalue weighted by Crippen LogP contribution is 2.48. The molecular formula is C7H11IO2S. The molecule has 2 aliphatic rings. The maximum absolute atomic E-state index is 11.2. The van der Waals surface area contributed by atoms with Gasteiger partial charge in [0.25, 0.3) is 0 Å². The van der Waals surface area contributed by atoms with Gasteiger partial charge in [0.2, 0.25) is 7.01 Å². The SMILES string of the molecule is O=S(=O)(I)C1CC2CCC1C2. The van der Waals surface area contributed by atoms with E-state index < -0.39 is 7.01 Å². The second kappa shape index (κ2) is 2.58. The third-order valence-electron chi connectivity index (χ3n) is 3.03. The van der Waals surface area contributed by atoms with E-state index in [9.17, 15) is 8.42 Å². The van der Waals surface area contributed by atoms with Crippen LogP contribution < -0.4 is 0 Å². The summed E-state index contributed by atoms with van der Waals surface area (Å²) < 4.78 is 22.4. The number of halogens is 1. The lowest BCUT2D eigenvalue weighted by Crippen LogP contribution is -2.22. The van der Waals surface area contributed by atoms with E-state index in [2.05, 4.69) is 0 Å². The Balaban J connectivity index is 2.21. The summed E-state index contributed by atoms with van der Waals surface area (Å²) >= 11 is 1.61. The van der Waals surface area contributed by atoms with Crippen LogP contribution in [0.3, 0.4) is 0 Å². The van der Waals surface area contributed by atoms with Gasteiger partial charge in [-0.15, -0.1) is 0 Å². The number of hydrogen-bond acceptors (Lipinski definition) is 2. The van der Waals surface area contributed by atoms with Gasteiger partial charge in [-0.05, 0) is 31.1 Å². The largest absolute Gasteiger partial charge is 0.218 e. The van der Waals surface area contributed by atoms with Gasteiger partial charge in [0.05, 0.1) is 26.5 Å². The number of fused-ring (bicyclic) bond motifs is 2. The predicted octanol–water partition coefficient (Wildman–Crippen LogP) is 1.94. The summed E-state index contributed by atoms with van der Waals surface area (Å²) in [5.41, 5.74) is 0. The highest BCUT2D eigenvalue weighted by Gasteiger charge is 2.44. The van der Waals surface area contributed by atoms with E-state index in [4.69, 9.17) is 0 Å². The monoisotopic (exact) mass is 286 g/mol. The molecule has 0 aromatic heterocycles. The molecule has 0 aliphatic heterocycles. The lowest BCUT2D eigenvalue weighted by Gasteiger charge is -2.17. The molecule has 2 nitrogen and oxygen atoms in total. The summed E-state index contributed by atoms with van der Waals surface area (Å²) in [5, 5.41) is 0.00171. The van der Waals surface area contributed by atoms with Gasteiger partial charge in [-0.3, -0.25) is 0 Å². The molecule has 0 saturated heterocycles. The zero-order valence-corrected chi connectivity index (χ0v) is 9.14. The van der Waals surface area contributed by atoms with Crippen molar-refractivity contribution in [1.29, 1.82) is 0 Å². The highest BCUT2D eigenvalue weighted by atomic mass is 127. The first-order chi connectivity index (χ1) is 5.07. The standard InChI is InChI=1S/C7H11IO2S/c8-11(9,10)7-4-5-1-2-6(7)3-5/h5-7H,1-4H2. The van der Waals surface area contributed by atoms with Crippen LogP contribution in [-0.2, 0) is 7.01 Å². The van der Waals surface area contributed by atoms with Crippen LogP contribution in [0, 0.1) is 11.8 Å². The van der Waals surface area contributed by atoms with Crippen molar-refractivity contribution in [2.75, 3.05) is 0 Å². The first kappa shape index (κ1) is 8.29. The van der Waals surface area contributed by atoms with Crippen molar-refractivity contribution in [2.24, 2.45) is 11.8 Å². The molecule has 4 heteroatoms. The van der Waals surface area contributed by atoms with Crippen LogP contribution in [0.25, 0.3) is 0 Å². The minimum atomic E-state index is -2.76. The minimum absolute atomic E-state index is 0.00171. The van der Waals surface area contributed by atoms with E-state index in [1.54, 1.807) is 21.2 Å². The molecule has 0 spiro atoms. The molecule has 0 heterocycles. The van der Waals surface area contributed by atoms with E-state index >= 15 is 0 Å². The Kier molecular flexibility index (Phi) is 1.95. The van der Waals surface area contributed by atoms with Crippen molar-refractivity contribution >= 4 is 28.2 Å². The van der Waals surface area contributed by atoms with Crippen molar-refractivity contribution in [3.05, 3.63) is 0 Å². The Labute approximate surface area is 79.3 Å². The second-order valence-corrected chi connectivity index (χ2v) is 8.93. The normalized spacial score (nSPS) is 43.2. The number of rotatable bonds is 1. The fourth-order valence-corrected chi connectivity index (χ4v) is 5.61. The van der Waals surface area contributed by atoms with Gasteiger partial charge in [-0.1, -0.05) is 6.42 Å². The summed E-state index contributed by atoms with van der Waals surface area (Å²) in [5.74, 6) is 1.23. The molecule has 2 aliphatic carbocycles. The van der Waals surface area contributed by atoms with Crippen molar-refractivity contribution in [2.45, 2.75) is 30.9 Å².